The summed E-state index contributed by atoms with van der Waals surface area (Å²) in [5, 5.41) is 4.37. The highest BCUT2D eigenvalue weighted by Gasteiger charge is 2.41. The van der Waals surface area contributed by atoms with Crippen LogP contribution in [-0.2, 0) is 0 Å². The fraction of sp³-hybridized carbons (Fsp3) is 0.385. The lowest BCUT2D eigenvalue weighted by Crippen LogP contribution is -2.35. The van der Waals surface area contributed by atoms with Crippen LogP contribution in [0.2, 0.25) is 0 Å². The zero-order valence-corrected chi connectivity index (χ0v) is 20.7. The van der Waals surface area contributed by atoms with Gasteiger partial charge >= 0.3 is 0 Å². The van der Waals surface area contributed by atoms with Crippen LogP contribution >= 0.6 is 12.2 Å². The molecule has 0 radical (unpaired) electrons. The second kappa shape index (κ2) is 9.04. The van der Waals surface area contributed by atoms with Gasteiger partial charge in [0.2, 0.25) is 0 Å². The van der Waals surface area contributed by atoms with Crippen LogP contribution in [0.5, 0.6) is 0 Å². The molecule has 1 N–H and O–H groups in total. The Morgan fingerprint density at radius 2 is 1.75 bits per heavy atom. The van der Waals surface area contributed by atoms with Gasteiger partial charge in [-0.05, 0) is 88.9 Å². The standard InChI is InChI=1S/C26H33N5S/c1-17-10-9-11-18(2)24(17)31-19(3)16-21(20(31)4)25-23(22-12-7-8-13-27-22)28-26(32)30(25)15-14-29(5)6/h7-13,16,23,25H,14-15H2,1-6H3,(H,28,32). The Hall–Kier alpha value is -2.70. The molecule has 3 heterocycles. The minimum Gasteiger partial charge on any atom is -0.352 e. The van der Waals surface area contributed by atoms with Crippen LogP contribution in [0.4, 0.5) is 0 Å². The third kappa shape index (κ3) is 4.05. The molecular weight excluding hydrogens is 414 g/mol. The van der Waals surface area contributed by atoms with Crippen LogP contribution in [0.3, 0.4) is 0 Å². The summed E-state index contributed by atoms with van der Waals surface area (Å²) in [4.78, 5) is 9.22. The zero-order chi connectivity index (χ0) is 23.0. The molecule has 5 nitrogen and oxygen atoms in total. The van der Waals surface area contributed by atoms with E-state index in [2.05, 4.69) is 96.8 Å². The minimum absolute atomic E-state index is 0.0118. The van der Waals surface area contributed by atoms with Crippen molar-refractivity contribution >= 4 is 17.3 Å². The summed E-state index contributed by atoms with van der Waals surface area (Å²) >= 11 is 5.83. The number of pyridine rings is 1. The van der Waals surface area contributed by atoms with Crippen LogP contribution in [0, 0.1) is 27.7 Å². The first-order chi connectivity index (χ1) is 15.3. The molecule has 3 aromatic rings. The van der Waals surface area contributed by atoms with E-state index in [1.165, 1.54) is 33.8 Å². The third-order valence-electron chi connectivity index (χ3n) is 6.44. The Morgan fingerprint density at radius 3 is 2.38 bits per heavy atom. The van der Waals surface area contributed by atoms with E-state index in [1.54, 1.807) is 0 Å². The molecule has 168 valence electrons. The molecule has 2 aromatic heterocycles. The van der Waals surface area contributed by atoms with Crippen molar-refractivity contribution in [3.05, 3.63) is 82.4 Å². The molecule has 0 amide bonds. The predicted octanol–water partition coefficient (Wildman–Crippen LogP) is 4.64. The van der Waals surface area contributed by atoms with Gasteiger partial charge in [-0.25, -0.2) is 0 Å². The van der Waals surface area contributed by atoms with E-state index in [-0.39, 0.29) is 12.1 Å². The van der Waals surface area contributed by atoms with E-state index in [9.17, 15) is 0 Å². The van der Waals surface area contributed by atoms with E-state index < -0.39 is 0 Å². The van der Waals surface area contributed by atoms with Gasteiger partial charge in [0.05, 0.1) is 23.5 Å². The Kier molecular flexibility index (Phi) is 6.35. The molecule has 2 unspecified atom stereocenters. The molecule has 2 atom stereocenters. The topological polar surface area (TPSA) is 36.3 Å². The number of hydrogen-bond donors (Lipinski definition) is 1. The first-order valence-electron chi connectivity index (χ1n) is 11.2. The Bertz CT molecular complexity index is 1100. The van der Waals surface area contributed by atoms with Crippen molar-refractivity contribution < 1.29 is 0 Å². The minimum atomic E-state index is 0.0118. The highest BCUT2D eigenvalue weighted by molar-refractivity contribution is 7.80. The van der Waals surface area contributed by atoms with Crippen molar-refractivity contribution in [2.24, 2.45) is 0 Å². The van der Waals surface area contributed by atoms with Gasteiger partial charge in [-0.2, -0.15) is 0 Å². The van der Waals surface area contributed by atoms with E-state index in [0.29, 0.717) is 0 Å². The molecule has 0 aliphatic carbocycles. The van der Waals surface area contributed by atoms with Crippen LogP contribution in [-0.4, -0.2) is 51.6 Å². The number of para-hydroxylation sites is 1. The van der Waals surface area contributed by atoms with E-state index >= 15 is 0 Å². The van der Waals surface area contributed by atoms with Gasteiger partial charge in [-0.1, -0.05) is 24.3 Å². The molecule has 1 aliphatic heterocycles. The summed E-state index contributed by atoms with van der Waals surface area (Å²) in [5.74, 6) is 0. The summed E-state index contributed by atoms with van der Waals surface area (Å²) in [6, 6.07) is 15.0. The molecule has 1 aliphatic rings. The van der Waals surface area contributed by atoms with Crippen molar-refractivity contribution in [1.29, 1.82) is 0 Å². The lowest BCUT2D eigenvalue weighted by atomic mass is 9.96. The number of thiocarbonyl (C=S) groups is 1. The second-order valence-corrected chi connectivity index (χ2v) is 9.41. The molecule has 1 aromatic carbocycles. The van der Waals surface area contributed by atoms with E-state index in [0.717, 1.165) is 23.9 Å². The number of rotatable bonds is 6. The molecule has 0 saturated carbocycles. The number of aryl methyl sites for hydroxylation is 3. The number of nitrogens with one attached hydrogen (secondary N) is 1. The van der Waals surface area contributed by atoms with Crippen LogP contribution < -0.4 is 5.32 Å². The smallest absolute Gasteiger partial charge is 0.170 e. The summed E-state index contributed by atoms with van der Waals surface area (Å²) in [5.41, 5.74) is 8.65. The first-order valence-corrected chi connectivity index (χ1v) is 11.6. The zero-order valence-electron chi connectivity index (χ0n) is 19.9. The lowest BCUT2D eigenvalue weighted by molar-refractivity contribution is 0.277. The maximum absolute atomic E-state index is 5.83. The number of likely N-dealkylation sites (N-methyl/N-ethyl adjacent to an activating group) is 1. The normalized spacial score (nSPS) is 18.5. The average molecular weight is 448 g/mol. The van der Waals surface area contributed by atoms with E-state index in [4.69, 9.17) is 12.2 Å². The fourth-order valence-corrected chi connectivity index (χ4v) is 5.21. The molecule has 0 bridgehead atoms. The van der Waals surface area contributed by atoms with Crippen molar-refractivity contribution in [1.82, 2.24) is 24.7 Å². The maximum atomic E-state index is 5.83. The highest BCUT2D eigenvalue weighted by Crippen LogP contribution is 2.41. The third-order valence-corrected chi connectivity index (χ3v) is 6.79. The Labute approximate surface area is 197 Å². The first kappa shape index (κ1) is 22.5. The van der Waals surface area contributed by atoms with Gasteiger partial charge in [0.15, 0.2) is 5.11 Å². The summed E-state index contributed by atoms with van der Waals surface area (Å²) < 4.78 is 2.40. The molecule has 0 spiro atoms. The number of benzene rings is 1. The van der Waals surface area contributed by atoms with E-state index in [1.807, 2.05) is 18.3 Å². The van der Waals surface area contributed by atoms with Crippen LogP contribution in [0.15, 0.2) is 48.7 Å². The van der Waals surface area contributed by atoms with Gasteiger partial charge in [-0.15, -0.1) is 0 Å². The van der Waals surface area contributed by atoms with Gasteiger partial charge in [0.1, 0.15) is 0 Å². The van der Waals surface area contributed by atoms with Crippen molar-refractivity contribution in [3.63, 3.8) is 0 Å². The molecular formula is C26H33N5S. The number of hydrogen-bond acceptors (Lipinski definition) is 3. The molecule has 32 heavy (non-hydrogen) atoms. The van der Waals surface area contributed by atoms with Crippen molar-refractivity contribution in [2.45, 2.75) is 39.8 Å². The molecule has 1 saturated heterocycles. The number of aromatic nitrogens is 2. The Balaban J connectivity index is 1.85. The lowest BCUT2D eigenvalue weighted by Gasteiger charge is -2.29. The quantitative estimate of drug-likeness (QED) is 0.557. The summed E-state index contributed by atoms with van der Waals surface area (Å²) in [6.07, 6.45) is 1.86. The monoisotopic (exact) mass is 447 g/mol. The molecule has 1 fully saturated rings. The van der Waals surface area contributed by atoms with Crippen molar-refractivity contribution in [3.8, 4) is 5.69 Å². The largest absolute Gasteiger partial charge is 0.352 e. The van der Waals surface area contributed by atoms with Crippen LogP contribution in [0.1, 0.15) is 45.9 Å². The number of nitrogens with zero attached hydrogens (tertiary/aromatic N) is 4. The molecule has 4 rings (SSSR count). The highest BCUT2D eigenvalue weighted by atomic mass is 32.1. The summed E-state index contributed by atoms with van der Waals surface area (Å²) in [6.45, 7) is 10.6. The van der Waals surface area contributed by atoms with Gasteiger partial charge in [0, 0.05) is 30.7 Å². The van der Waals surface area contributed by atoms with Gasteiger partial charge < -0.3 is 19.7 Å². The van der Waals surface area contributed by atoms with Gasteiger partial charge in [-0.3, -0.25) is 4.98 Å². The molecule has 6 heteroatoms. The maximum Gasteiger partial charge on any atom is 0.170 e. The Morgan fingerprint density at radius 1 is 1.03 bits per heavy atom. The average Bonchev–Trinajstić information content (AvgIpc) is 3.23. The second-order valence-electron chi connectivity index (χ2n) is 9.03. The van der Waals surface area contributed by atoms with Gasteiger partial charge in [0.25, 0.3) is 0 Å². The summed E-state index contributed by atoms with van der Waals surface area (Å²) in [7, 11) is 4.20. The van der Waals surface area contributed by atoms with Crippen LogP contribution in [0.25, 0.3) is 5.69 Å². The predicted molar refractivity (Wildman–Crippen MR) is 135 cm³/mol. The fourth-order valence-electron chi connectivity index (χ4n) is 4.88. The van der Waals surface area contributed by atoms with Crippen molar-refractivity contribution in [2.75, 3.05) is 27.2 Å². The SMILES string of the molecule is Cc1cccc(C)c1-n1c(C)cc(C2C(c3ccccn3)NC(=S)N2CCN(C)C)c1C.